The predicted molar refractivity (Wildman–Crippen MR) is 128 cm³/mol. The number of Topliss-reactive ketones (excluding diaryl/α,β-unsaturated/α-hetero) is 1. The standard InChI is InChI=1S/C26H26BrNO5/c1-14-23(26(30)33-4)24(16-7-10-22(32-3)19(27)11-16)25-20(28-14)12-17(13-21(25)29)15-5-8-18(31-2)9-6-15/h5-12,17,24-25,28H,13H2,1-4H3. The first kappa shape index (κ1) is 23.1. The Morgan fingerprint density at radius 3 is 2.30 bits per heavy atom. The summed E-state index contributed by atoms with van der Waals surface area (Å²) in [5, 5.41) is 3.33. The van der Waals surface area contributed by atoms with E-state index in [2.05, 4.69) is 27.3 Å². The number of carbonyl (C=O) groups excluding carboxylic acids is 2. The van der Waals surface area contributed by atoms with Crippen LogP contribution in [-0.2, 0) is 14.3 Å². The highest BCUT2D eigenvalue weighted by Crippen LogP contribution is 2.47. The van der Waals surface area contributed by atoms with Gasteiger partial charge < -0.3 is 19.5 Å². The second-order valence-corrected chi connectivity index (χ2v) is 9.03. The lowest BCUT2D eigenvalue weighted by Crippen LogP contribution is -2.41. The Bertz CT molecular complexity index is 1150. The number of halogens is 1. The van der Waals surface area contributed by atoms with Gasteiger partial charge in [-0.2, -0.15) is 0 Å². The zero-order valence-corrected chi connectivity index (χ0v) is 20.6. The summed E-state index contributed by atoms with van der Waals surface area (Å²) in [5.74, 6) is 0.0619. The molecule has 172 valence electrons. The zero-order valence-electron chi connectivity index (χ0n) is 19.0. The zero-order chi connectivity index (χ0) is 23.7. The van der Waals surface area contributed by atoms with E-state index in [9.17, 15) is 9.59 Å². The number of esters is 1. The topological polar surface area (TPSA) is 73.9 Å². The molecule has 2 aliphatic rings. The summed E-state index contributed by atoms with van der Waals surface area (Å²) in [6.45, 7) is 1.84. The normalized spacial score (nSPS) is 22.2. The third-order valence-electron chi connectivity index (χ3n) is 6.35. The van der Waals surface area contributed by atoms with Crippen LogP contribution in [0.5, 0.6) is 11.5 Å². The molecule has 1 aliphatic carbocycles. The van der Waals surface area contributed by atoms with Crippen LogP contribution in [0.4, 0.5) is 0 Å². The molecule has 4 rings (SSSR count). The molecule has 0 amide bonds. The predicted octanol–water partition coefficient (Wildman–Crippen LogP) is 4.86. The van der Waals surface area contributed by atoms with Crippen molar-refractivity contribution < 1.29 is 23.8 Å². The number of benzene rings is 2. The van der Waals surface area contributed by atoms with Crippen LogP contribution >= 0.6 is 15.9 Å². The Kier molecular flexibility index (Phi) is 6.61. The van der Waals surface area contributed by atoms with E-state index in [-0.39, 0.29) is 11.7 Å². The molecule has 0 bridgehead atoms. The number of fused-ring (bicyclic) bond motifs is 1. The molecule has 0 saturated heterocycles. The lowest BCUT2D eigenvalue weighted by Gasteiger charge is -2.39. The number of carbonyl (C=O) groups is 2. The van der Waals surface area contributed by atoms with Crippen LogP contribution in [0.2, 0.25) is 0 Å². The number of ether oxygens (including phenoxy) is 3. The Morgan fingerprint density at radius 2 is 1.70 bits per heavy atom. The van der Waals surface area contributed by atoms with Crippen molar-refractivity contribution in [2.24, 2.45) is 5.92 Å². The first-order chi connectivity index (χ1) is 15.9. The van der Waals surface area contributed by atoms with E-state index in [1.54, 1.807) is 14.2 Å². The second-order valence-electron chi connectivity index (χ2n) is 8.18. The molecule has 3 unspecified atom stereocenters. The van der Waals surface area contributed by atoms with Crippen molar-refractivity contribution in [1.29, 1.82) is 0 Å². The first-order valence-corrected chi connectivity index (χ1v) is 11.4. The van der Waals surface area contributed by atoms with Crippen molar-refractivity contribution >= 4 is 27.7 Å². The molecule has 1 aliphatic heterocycles. The maximum atomic E-state index is 13.6. The molecule has 2 aromatic rings. The van der Waals surface area contributed by atoms with E-state index in [0.29, 0.717) is 23.4 Å². The number of rotatable bonds is 5. The fourth-order valence-corrected chi connectivity index (χ4v) is 5.31. The van der Waals surface area contributed by atoms with Gasteiger partial charge in [0.05, 0.1) is 37.3 Å². The average Bonchev–Trinajstić information content (AvgIpc) is 2.82. The molecule has 0 spiro atoms. The van der Waals surface area contributed by atoms with Crippen molar-refractivity contribution in [3.05, 3.63) is 81.1 Å². The van der Waals surface area contributed by atoms with Crippen molar-refractivity contribution in [2.75, 3.05) is 21.3 Å². The van der Waals surface area contributed by atoms with Crippen molar-refractivity contribution in [3.8, 4) is 11.5 Å². The van der Waals surface area contributed by atoms with Crippen molar-refractivity contribution in [2.45, 2.75) is 25.2 Å². The summed E-state index contributed by atoms with van der Waals surface area (Å²) < 4.78 is 16.5. The summed E-state index contributed by atoms with van der Waals surface area (Å²) >= 11 is 3.54. The fourth-order valence-electron chi connectivity index (χ4n) is 4.76. The van der Waals surface area contributed by atoms with Crippen LogP contribution in [0, 0.1) is 5.92 Å². The molecular formula is C26H26BrNO5. The van der Waals surface area contributed by atoms with Gasteiger partial charge in [0, 0.05) is 29.7 Å². The number of hydrogen-bond donors (Lipinski definition) is 1. The van der Waals surface area contributed by atoms with E-state index in [1.807, 2.05) is 49.4 Å². The molecule has 0 saturated carbocycles. The Hall–Kier alpha value is -3.06. The Morgan fingerprint density at radius 1 is 1.00 bits per heavy atom. The molecule has 6 nitrogen and oxygen atoms in total. The quantitative estimate of drug-likeness (QED) is 0.578. The lowest BCUT2D eigenvalue weighted by molar-refractivity contribution is -0.136. The minimum Gasteiger partial charge on any atom is -0.497 e. The molecule has 7 heteroatoms. The molecular weight excluding hydrogens is 486 g/mol. The maximum Gasteiger partial charge on any atom is 0.336 e. The van der Waals surface area contributed by atoms with Gasteiger partial charge in [-0.15, -0.1) is 0 Å². The van der Waals surface area contributed by atoms with Gasteiger partial charge in [0.25, 0.3) is 0 Å². The average molecular weight is 512 g/mol. The van der Waals surface area contributed by atoms with E-state index < -0.39 is 17.8 Å². The SMILES string of the molecule is COC(=O)C1=C(C)NC2=CC(c3ccc(OC)cc3)CC(=O)C2C1c1ccc(OC)c(Br)c1. The molecule has 1 N–H and O–H groups in total. The molecule has 2 aromatic carbocycles. The van der Waals surface area contributed by atoms with E-state index in [4.69, 9.17) is 14.2 Å². The maximum absolute atomic E-state index is 13.6. The van der Waals surface area contributed by atoms with E-state index in [1.165, 1.54) is 7.11 Å². The summed E-state index contributed by atoms with van der Waals surface area (Å²) in [5.41, 5.74) is 3.85. The van der Waals surface area contributed by atoms with Crippen molar-refractivity contribution in [3.63, 3.8) is 0 Å². The Labute approximate surface area is 201 Å². The second kappa shape index (κ2) is 9.43. The number of ketones is 1. The highest BCUT2D eigenvalue weighted by Gasteiger charge is 2.45. The van der Waals surface area contributed by atoms with Crippen LogP contribution in [-0.4, -0.2) is 33.1 Å². The molecule has 0 fully saturated rings. The number of nitrogens with one attached hydrogen (secondary N) is 1. The molecule has 3 atom stereocenters. The monoisotopic (exact) mass is 511 g/mol. The van der Waals surface area contributed by atoms with Gasteiger partial charge in [-0.1, -0.05) is 24.3 Å². The number of allylic oxidation sites excluding steroid dienone is 3. The van der Waals surface area contributed by atoms with E-state index >= 15 is 0 Å². The molecule has 1 heterocycles. The van der Waals surface area contributed by atoms with Gasteiger partial charge in [0.2, 0.25) is 0 Å². The smallest absolute Gasteiger partial charge is 0.336 e. The molecule has 33 heavy (non-hydrogen) atoms. The van der Waals surface area contributed by atoms with Gasteiger partial charge in [0.15, 0.2) is 0 Å². The first-order valence-electron chi connectivity index (χ1n) is 10.7. The highest BCUT2D eigenvalue weighted by atomic mass is 79.9. The van der Waals surface area contributed by atoms with Gasteiger partial charge in [-0.3, -0.25) is 4.79 Å². The molecule has 0 radical (unpaired) electrons. The fraction of sp³-hybridized carbons (Fsp3) is 0.308. The summed E-state index contributed by atoms with van der Waals surface area (Å²) in [4.78, 5) is 26.4. The minimum absolute atomic E-state index is 0.0575. The van der Waals surface area contributed by atoms with Crippen LogP contribution in [0.1, 0.15) is 36.3 Å². The van der Waals surface area contributed by atoms with Gasteiger partial charge in [0.1, 0.15) is 17.3 Å². The Balaban J connectivity index is 1.81. The molecule has 0 aromatic heterocycles. The summed E-state index contributed by atoms with van der Waals surface area (Å²) in [6.07, 6.45) is 2.46. The van der Waals surface area contributed by atoms with Gasteiger partial charge >= 0.3 is 5.97 Å². The lowest BCUT2D eigenvalue weighted by atomic mass is 9.68. The highest BCUT2D eigenvalue weighted by molar-refractivity contribution is 9.10. The van der Waals surface area contributed by atoms with Crippen LogP contribution in [0.25, 0.3) is 0 Å². The largest absolute Gasteiger partial charge is 0.497 e. The van der Waals surface area contributed by atoms with Gasteiger partial charge in [-0.05, 0) is 58.2 Å². The van der Waals surface area contributed by atoms with Crippen LogP contribution in [0.15, 0.2) is 70.0 Å². The van der Waals surface area contributed by atoms with Crippen molar-refractivity contribution in [1.82, 2.24) is 5.32 Å². The number of hydrogen-bond acceptors (Lipinski definition) is 6. The summed E-state index contributed by atoms with van der Waals surface area (Å²) in [6, 6.07) is 13.4. The van der Waals surface area contributed by atoms with E-state index in [0.717, 1.165) is 27.0 Å². The third kappa shape index (κ3) is 4.29. The summed E-state index contributed by atoms with van der Waals surface area (Å²) in [7, 11) is 4.58. The van der Waals surface area contributed by atoms with Crippen LogP contribution < -0.4 is 14.8 Å². The third-order valence-corrected chi connectivity index (χ3v) is 6.97. The minimum atomic E-state index is -0.502. The number of methoxy groups -OCH3 is 3. The van der Waals surface area contributed by atoms with Gasteiger partial charge in [-0.25, -0.2) is 4.79 Å². The van der Waals surface area contributed by atoms with Crippen LogP contribution in [0.3, 0.4) is 0 Å².